The maximum absolute atomic E-state index is 12.2. The maximum Gasteiger partial charge on any atom is 0.335 e. The number of H-pyrrole nitrogens is 1. The molecule has 150 valence electrons. The Kier molecular flexibility index (Phi) is 5.50. The summed E-state index contributed by atoms with van der Waals surface area (Å²) in [6.07, 6.45) is 1.89. The molecular weight excluding hydrogens is 404 g/mol. The fourth-order valence-electron chi connectivity index (χ4n) is 3.34. The van der Waals surface area contributed by atoms with E-state index in [0.717, 1.165) is 5.56 Å². The van der Waals surface area contributed by atoms with Crippen molar-refractivity contribution in [2.45, 2.75) is 6.42 Å². The standard InChI is InChI=1S/C23H17ClN2O4/c24-17-7-8-20(18(12-17)15-4-1-5-16(11-15)23(28)29)30-10-9-14-3-2-6-19-21(14)22(27)26-13-25-19/h1-8,11-13H,9-10H2,(H,28,29)(H,25,26,27). The van der Waals surface area contributed by atoms with Gasteiger partial charge in [0.05, 0.1) is 29.4 Å². The van der Waals surface area contributed by atoms with Gasteiger partial charge in [0.25, 0.3) is 5.56 Å². The fraction of sp³-hybridized carbons (Fsp3) is 0.0870. The monoisotopic (exact) mass is 420 g/mol. The summed E-state index contributed by atoms with van der Waals surface area (Å²) in [5, 5.41) is 10.3. The van der Waals surface area contributed by atoms with Crippen LogP contribution in [0.15, 0.2) is 71.8 Å². The van der Waals surface area contributed by atoms with E-state index in [1.54, 1.807) is 42.5 Å². The zero-order valence-corrected chi connectivity index (χ0v) is 16.5. The van der Waals surface area contributed by atoms with Gasteiger partial charge in [-0.25, -0.2) is 9.78 Å². The van der Waals surface area contributed by atoms with Crippen molar-refractivity contribution in [3.8, 4) is 16.9 Å². The van der Waals surface area contributed by atoms with Crippen LogP contribution in [0.4, 0.5) is 0 Å². The van der Waals surface area contributed by atoms with Gasteiger partial charge in [-0.15, -0.1) is 0 Å². The fourth-order valence-corrected chi connectivity index (χ4v) is 3.51. The first-order chi connectivity index (χ1) is 14.5. The molecule has 0 atom stereocenters. The van der Waals surface area contributed by atoms with E-state index in [9.17, 15) is 14.7 Å². The van der Waals surface area contributed by atoms with Crippen LogP contribution in [0, 0.1) is 0 Å². The summed E-state index contributed by atoms with van der Waals surface area (Å²) >= 11 is 6.16. The molecule has 4 rings (SSSR count). The van der Waals surface area contributed by atoms with E-state index in [0.29, 0.717) is 45.8 Å². The molecule has 0 aliphatic carbocycles. The van der Waals surface area contributed by atoms with Gasteiger partial charge in [-0.3, -0.25) is 4.79 Å². The number of hydrogen-bond acceptors (Lipinski definition) is 4. The normalized spacial score (nSPS) is 10.8. The van der Waals surface area contributed by atoms with Gasteiger partial charge < -0.3 is 14.8 Å². The van der Waals surface area contributed by atoms with E-state index in [2.05, 4.69) is 9.97 Å². The molecule has 3 aromatic carbocycles. The highest BCUT2D eigenvalue weighted by Crippen LogP contribution is 2.33. The molecule has 2 N–H and O–H groups in total. The van der Waals surface area contributed by atoms with Crippen LogP contribution in [0.1, 0.15) is 15.9 Å². The van der Waals surface area contributed by atoms with E-state index in [1.165, 1.54) is 12.4 Å². The van der Waals surface area contributed by atoms with Crippen LogP contribution in [0.2, 0.25) is 5.02 Å². The number of aromatic nitrogens is 2. The highest BCUT2D eigenvalue weighted by molar-refractivity contribution is 6.31. The van der Waals surface area contributed by atoms with Crippen LogP contribution in [0.5, 0.6) is 5.75 Å². The lowest BCUT2D eigenvalue weighted by molar-refractivity contribution is 0.0697. The van der Waals surface area contributed by atoms with Crippen LogP contribution in [-0.2, 0) is 6.42 Å². The minimum atomic E-state index is -1.00. The lowest BCUT2D eigenvalue weighted by Gasteiger charge is -2.13. The van der Waals surface area contributed by atoms with Crippen molar-refractivity contribution in [2.75, 3.05) is 6.61 Å². The Balaban J connectivity index is 1.60. The van der Waals surface area contributed by atoms with Crippen molar-refractivity contribution in [1.82, 2.24) is 9.97 Å². The van der Waals surface area contributed by atoms with Crippen molar-refractivity contribution in [3.05, 3.63) is 93.5 Å². The number of ether oxygens (including phenoxy) is 1. The van der Waals surface area contributed by atoms with Crippen molar-refractivity contribution in [2.24, 2.45) is 0 Å². The van der Waals surface area contributed by atoms with Crippen LogP contribution in [0.3, 0.4) is 0 Å². The first-order valence-electron chi connectivity index (χ1n) is 9.24. The van der Waals surface area contributed by atoms with Gasteiger partial charge in [0.2, 0.25) is 0 Å². The van der Waals surface area contributed by atoms with Gasteiger partial charge in [-0.05, 0) is 47.5 Å². The average Bonchev–Trinajstić information content (AvgIpc) is 2.75. The highest BCUT2D eigenvalue weighted by atomic mass is 35.5. The third-order valence-corrected chi connectivity index (χ3v) is 4.98. The van der Waals surface area contributed by atoms with Gasteiger partial charge in [0.1, 0.15) is 5.75 Å². The smallest absolute Gasteiger partial charge is 0.335 e. The average molecular weight is 421 g/mol. The number of halogens is 1. The number of nitrogens with one attached hydrogen (secondary N) is 1. The molecule has 0 radical (unpaired) electrons. The van der Waals surface area contributed by atoms with Crippen molar-refractivity contribution in [3.63, 3.8) is 0 Å². The molecule has 30 heavy (non-hydrogen) atoms. The molecule has 0 aliphatic rings. The second-order valence-corrected chi connectivity index (χ2v) is 7.10. The first kappa shape index (κ1) is 19.7. The number of rotatable bonds is 6. The lowest BCUT2D eigenvalue weighted by Crippen LogP contribution is -2.11. The largest absolute Gasteiger partial charge is 0.493 e. The van der Waals surface area contributed by atoms with E-state index >= 15 is 0 Å². The predicted octanol–water partition coefficient (Wildman–Crippen LogP) is 4.56. The van der Waals surface area contributed by atoms with Gasteiger partial charge in [-0.1, -0.05) is 35.9 Å². The zero-order valence-electron chi connectivity index (χ0n) is 15.8. The Morgan fingerprint density at radius 2 is 1.93 bits per heavy atom. The molecule has 0 amide bonds. The number of carboxylic acid groups (broad SMARTS) is 1. The predicted molar refractivity (Wildman–Crippen MR) is 115 cm³/mol. The van der Waals surface area contributed by atoms with Crippen LogP contribution in [-0.4, -0.2) is 27.7 Å². The molecule has 1 aromatic heterocycles. The third-order valence-electron chi connectivity index (χ3n) is 4.75. The lowest BCUT2D eigenvalue weighted by atomic mass is 10.0. The highest BCUT2D eigenvalue weighted by Gasteiger charge is 2.12. The van der Waals surface area contributed by atoms with Gasteiger partial charge in [0, 0.05) is 17.0 Å². The molecule has 0 spiro atoms. The number of aromatic amines is 1. The summed E-state index contributed by atoms with van der Waals surface area (Å²) in [5.74, 6) is -0.426. The molecule has 0 aliphatic heterocycles. The molecule has 6 nitrogen and oxygen atoms in total. The van der Waals surface area contributed by atoms with Crippen LogP contribution < -0.4 is 10.3 Å². The number of aromatic carboxylic acids is 1. The van der Waals surface area contributed by atoms with Gasteiger partial charge in [0.15, 0.2) is 0 Å². The molecule has 0 bridgehead atoms. The molecule has 4 aromatic rings. The third kappa shape index (κ3) is 4.04. The number of carboxylic acids is 1. The number of fused-ring (bicyclic) bond motifs is 1. The van der Waals surface area contributed by atoms with Crippen LogP contribution in [0.25, 0.3) is 22.0 Å². The Morgan fingerprint density at radius 3 is 2.77 bits per heavy atom. The quantitative estimate of drug-likeness (QED) is 0.477. The SMILES string of the molecule is O=C(O)c1cccc(-c2cc(Cl)ccc2OCCc2cccc3nc[nH]c(=O)c23)c1. The molecular formula is C23H17ClN2O4. The molecule has 0 unspecified atom stereocenters. The Morgan fingerprint density at radius 1 is 1.10 bits per heavy atom. The first-order valence-corrected chi connectivity index (χ1v) is 9.62. The topological polar surface area (TPSA) is 92.3 Å². The van der Waals surface area contributed by atoms with Crippen molar-refractivity contribution >= 4 is 28.5 Å². The van der Waals surface area contributed by atoms with Gasteiger partial charge in [-0.2, -0.15) is 0 Å². The van der Waals surface area contributed by atoms with E-state index < -0.39 is 5.97 Å². The summed E-state index contributed by atoms with van der Waals surface area (Å²) in [5.41, 5.74) is 2.86. The number of hydrogen-bond donors (Lipinski definition) is 2. The summed E-state index contributed by atoms with van der Waals surface area (Å²) < 4.78 is 6.00. The van der Waals surface area contributed by atoms with E-state index in [4.69, 9.17) is 16.3 Å². The minimum absolute atomic E-state index is 0.181. The Hall–Kier alpha value is -3.64. The minimum Gasteiger partial charge on any atom is -0.493 e. The number of benzene rings is 3. The summed E-state index contributed by atoms with van der Waals surface area (Å²) in [7, 11) is 0. The zero-order chi connectivity index (χ0) is 21.1. The van der Waals surface area contributed by atoms with E-state index in [-0.39, 0.29) is 11.1 Å². The number of carbonyl (C=O) groups is 1. The molecule has 0 fully saturated rings. The summed E-state index contributed by atoms with van der Waals surface area (Å²) in [4.78, 5) is 30.3. The number of nitrogens with zero attached hydrogens (tertiary/aromatic N) is 1. The molecule has 0 saturated carbocycles. The Bertz CT molecular complexity index is 1290. The van der Waals surface area contributed by atoms with Crippen molar-refractivity contribution < 1.29 is 14.6 Å². The summed E-state index contributed by atoms with van der Waals surface area (Å²) in [6, 6.07) is 17.3. The second kappa shape index (κ2) is 8.39. The van der Waals surface area contributed by atoms with Gasteiger partial charge >= 0.3 is 5.97 Å². The molecule has 7 heteroatoms. The van der Waals surface area contributed by atoms with Crippen LogP contribution >= 0.6 is 11.6 Å². The molecule has 1 heterocycles. The Labute approximate surface area is 176 Å². The van der Waals surface area contributed by atoms with Crippen molar-refractivity contribution in [1.29, 1.82) is 0 Å². The van der Waals surface area contributed by atoms with E-state index in [1.807, 2.05) is 12.1 Å². The maximum atomic E-state index is 12.2. The molecule has 0 saturated heterocycles. The summed E-state index contributed by atoms with van der Waals surface area (Å²) in [6.45, 7) is 0.320. The second-order valence-electron chi connectivity index (χ2n) is 6.67.